The first kappa shape index (κ1) is 27.2. The summed E-state index contributed by atoms with van der Waals surface area (Å²) in [6, 6.07) is 17.0. The van der Waals surface area contributed by atoms with Crippen LogP contribution in [0.25, 0.3) is 6.08 Å². The minimum Gasteiger partial charge on any atom is -0.493 e. The van der Waals surface area contributed by atoms with Gasteiger partial charge in [-0.15, -0.1) is 0 Å². The van der Waals surface area contributed by atoms with Gasteiger partial charge in [0.2, 0.25) is 5.91 Å². The minimum atomic E-state index is -4.33. The second-order valence-electron chi connectivity index (χ2n) is 7.98. The van der Waals surface area contributed by atoms with Crippen molar-refractivity contribution in [1.29, 1.82) is 0 Å². The fourth-order valence-electron chi connectivity index (χ4n) is 3.54. The quantitative estimate of drug-likeness (QED) is 0.285. The van der Waals surface area contributed by atoms with E-state index < -0.39 is 21.3 Å². The molecule has 3 aromatic carbocycles. The summed E-state index contributed by atoms with van der Waals surface area (Å²) in [4.78, 5) is 37.9. The molecule has 1 N–H and O–H groups in total. The maximum atomic E-state index is 13.1. The first-order chi connectivity index (χ1) is 18.1. The summed E-state index contributed by atoms with van der Waals surface area (Å²) < 4.78 is 36.9. The number of thioether (sulfide) groups is 1. The number of hydrogen-bond acceptors (Lipinski definition) is 8. The number of benzene rings is 3. The van der Waals surface area contributed by atoms with E-state index in [1.165, 1.54) is 56.5 Å². The molecule has 0 radical (unpaired) electrons. The third-order valence-electron chi connectivity index (χ3n) is 5.33. The third-order valence-corrected chi connectivity index (χ3v) is 7.84. The second kappa shape index (κ2) is 11.3. The van der Waals surface area contributed by atoms with Gasteiger partial charge in [0, 0.05) is 23.2 Å². The number of imide groups is 1. The molecule has 1 aliphatic heterocycles. The van der Waals surface area contributed by atoms with Gasteiger partial charge in [-0.05, 0) is 59.8 Å². The Hall–Kier alpha value is -3.80. The summed E-state index contributed by atoms with van der Waals surface area (Å²) in [5.41, 5.74) is 1.24. The number of ether oxygens (including phenoxy) is 1. The van der Waals surface area contributed by atoms with Gasteiger partial charge in [-0.3, -0.25) is 19.3 Å². The Morgan fingerprint density at radius 3 is 2.42 bits per heavy atom. The summed E-state index contributed by atoms with van der Waals surface area (Å²) in [6.45, 7) is 1.33. The largest absolute Gasteiger partial charge is 0.493 e. The first-order valence-electron chi connectivity index (χ1n) is 11.1. The summed E-state index contributed by atoms with van der Waals surface area (Å²) in [5.74, 6) is -0.900. The van der Waals surface area contributed by atoms with E-state index in [0.717, 1.165) is 16.7 Å². The van der Waals surface area contributed by atoms with Gasteiger partial charge in [0.25, 0.3) is 11.1 Å². The molecule has 9 nitrogen and oxygen atoms in total. The SMILES string of the molecule is COc1cccc(/C=C2\SC(=O)N(Cc3ccccc3Cl)C2=O)c1OS(=O)(=O)c1ccc(NC(C)=O)cc1. The molecular weight excluding hydrogens is 552 g/mol. The molecule has 0 spiro atoms. The second-order valence-corrected chi connectivity index (χ2v) is 10.9. The van der Waals surface area contributed by atoms with Crippen molar-refractivity contribution in [3.05, 3.63) is 87.8 Å². The van der Waals surface area contributed by atoms with Crippen LogP contribution < -0.4 is 14.2 Å². The van der Waals surface area contributed by atoms with Crippen LogP contribution in [0.4, 0.5) is 10.5 Å². The number of rotatable bonds is 8. The highest BCUT2D eigenvalue weighted by Crippen LogP contribution is 2.39. The fraction of sp³-hybridized carbons (Fsp3) is 0.115. The van der Waals surface area contributed by atoms with Gasteiger partial charge in [-0.25, -0.2) is 0 Å². The average Bonchev–Trinajstić information content (AvgIpc) is 3.13. The van der Waals surface area contributed by atoms with Crippen molar-refractivity contribution >= 4 is 62.3 Å². The number of hydrogen-bond donors (Lipinski definition) is 1. The van der Waals surface area contributed by atoms with E-state index in [1.807, 2.05) is 0 Å². The minimum absolute atomic E-state index is 0.00793. The summed E-state index contributed by atoms with van der Waals surface area (Å²) >= 11 is 6.90. The Kier molecular flexibility index (Phi) is 8.10. The van der Waals surface area contributed by atoms with E-state index >= 15 is 0 Å². The smallest absolute Gasteiger partial charge is 0.339 e. The Morgan fingerprint density at radius 2 is 1.76 bits per heavy atom. The Balaban J connectivity index is 1.64. The zero-order valence-electron chi connectivity index (χ0n) is 20.1. The highest BCUT2D eigenvalue weighted by molar-refractivity contribution is 8.18. The maximum Gasteiger partial charge on any atom is 0.339 e. The van der Waals surface area contributed by atoms with Gasteiger partial charge in [-0.1, -0.05) is 41.9 Å². The van der Waals surface area contributed by atoms with E-state index in [-0.39, 0.29) is 39.3 Å². The summed E-state index contributed by atoms with van der Waals surface area (Å²) in [5, 5.41) is 2.49. The van der Waals surface area contributed by atoms with Gasteiger partial charge in [0.15, 0.2) is 11.5 Å². The topological polar surface area (TPSA) is 119 Å². The number of halogens is 1. The van der Waals surface area contributed by atoms with Crippen molar-refractivity contribution in [3.8, 4) is 11.5 Å². The monoisotopic (exact) mass is 572 g/mol. The zero-order chi connectivity index (χ0) is 27.4. The van der Waals surface area contributed by atoms with Crippen molar-refractivity contribution in [2.24, 2.45) is 0 Å². The number of nitrogens with zero attached hydrogens (tertiary/aromatic N) is 1. The lowest BCUT2D eigenvalue weighted by Gasteiger charge is -2.14. The van der Waals surface area contributed by atoms with Crippen LogP contribution in [0.15, 0.2) is 76.5 Å². The summed E-state index contributed by atoms with van der Waals surface area (Å²) in [6.07, 6.45) is 1.38. The van der Waals surface area contributed by atoms with Crippen LogP contribution in [-0.4, -0.2) is 37.5 Å². The predicted octanol–water partition coefficient (Wildman–Crippen LogP) is 5.31. The van der Waals surface area contributed by atoms with Gasteiger partial charge < -0.3 is 14.2 Å². The van der Waals surface area contributed by atoms with Crippen LogP contribution in [0.1, 0.15) is 18.1 Å². The molecule has 12 heteroatoms. The standard InChI is InChI=1S/C26H21ClN2O7S2/c1-16(30)28-19-10-12-20(13-11-19)38(33,34)36-24-17(7-5-9-22(24)35-2)14-23-25(31)29(26(32)37-23)15-18-6-3-4-8-21(18)27/h3-14H,15H2,1-2H3,(H,28,30)/b23-14-. The number of anilines is 1. The van der Waals surface area contributed by atoms with Gasteiger partial charge >= 0.3 is 10.1 Å². The lowest BCUT2D eigenvalue weighted by molar-refractivity contribution is -0.123. The molecule has 4 rings (SSSR count). The number of carbonyl (C=O) groups is 3. The van der Waals surface area contributed by atoms with Gasteiger partial charge in [0.05, 0.1) is 18.6 Å². The van der Waals surface area contributed by atoms with Crippen LogP contribution in [0.3, 0.4) is 0 Å². The van der Waals surface area contributed by atoms with Gasteiger partial charge in [0.1, 0.15) is 4.90 Å². The highest BCUT2D eigenvalue weighted by atomic mass is 35.5. The van der Waals surface area contributed by atoms with Crippen LogP contribution in [0.2, 0.25) is 5.02 Å². The molecule has 1 aliphatic rings. The molecule has 0 saturated carbocycles. The van der Waals surface area contributed by atoms with Crippen LogP contribution in [0.5, 0.6) is 11.5 Å². The third kappa shape index (κ3) is 6.01. The number of methoxy groups -OCH3 is 1. The van der Waals surface area contributed by atoms with E-state index in [2.05, 4.69) is 5.32 Å². The number of nitrogens with one attached hydrogen (secondary N) is 1. The lowest BCUT2D eigenvalue weighted by atomic mass is 10.1. The molecule has 1 saturated heterocycles. The number of amides is 3. The van der Waals surface area contributed by atoms with Crippen LogP contribution in [0, 0.1) is 0 Å². The molecule has 3 amide bonds. The van der Waals surface area contributed by atoms with Gasteiger partial charge in [-0.2, -0.15) is 8.42 Å². The molecule has 0 bridgehead atoms. The molecular formula is C26H21ClN2O7S2. The lowest BCUT2D eigenvalue weighted by Crippen LogP contribution is -2.27. The Bertz CT molecular complexity index is 1550. The Labute approximate surface area is 228 Å². The average molecular weight is 573 g/mol. The fourth-order valence-corrected chi connectivity index (χ4v) is 5.52. The van der Waals surface area contributed by atoms with Crippen molar-refractivity contribution < 1.29 is 31.7 Å². The van der Waals surface area contributed by atoms with E-state index in [1.54, 1.807) is 30.3 Å². The number of para-hydroxylation sites is 1. The molecule has 196 valence electrons. The van der Waals surface area contributed by atoms with Crippen molar-refractivity contribution in [3.63, 3.8) is 0 Å². The van der Waals surface area contributed by atoms with Crippen molar-refractivity contribution in [1.82, 2.24) is 4.90 Å². The summed E-state index contributed by atoms with van der Waals surface area (Å²) in [7, 11) is -2.99. The molecule has 0 unspecified atom stereocenters. The molecule has 0 aromatic heterocycles. The molecule has 0 atom stereocenters. The van der Waals surface area contributed by atoms with E-state index in [4.69, 9.17) is 20.5 Å². The molecule has 1 fully saturated rings. The maximum absolute atomic E-state index is 13.1. The van der Waals surface area contributed by atoms with E-state index in [9.17, 15) is 22.8 Å². The number of carbonyl (C=O) groups excluding carboxylic acids is 3. The molecule has 3 aromatic rings. The van der Waals surface area contributed by atoms with Crippen LogP contribution >= 0.6 is 23.4 Å². The molecule has 38 heavy (non-hydrogen) atoms. The normalized spacial score (nSPS) is 14.6. The van der Waals surface area contributed by atoms with Crippen LogP contribution in [-0.2, 0) is 26.3 Å². The molecule has 0 aliphatic carbocycles. The zero-order valence-corrected chi connectivity index (χ0v) is 22.5. The molecule has 1 heterocycles. The van der Waals surface area contributed by atoms with Crippen molar-refractivity contribution in [2.75, 3.05) is 12.4 Å². The first-order valence-corrected chi connectivity index (χ1v) is 13.7. The highest BCUT2D eigenvalue weighted by Gasteiger charge is 2.36. The Morgan fingerprint density at radius 1 is 1.05 bits per heavy atom. The van der Waals surface area contributed by atoms with E-state index in [0.29, 0.717) is 16.3 Å². The predicted molar refractivity (Wildman–Crippen MR) is 145 cm³/mol. The van der Waals surface area contributed by atoms with Crippen molar-refractivity contribution in [2.45, 2.75) is 18.4 Å².